The topological polar surface area (TPSA) is 42.9 Å². The first-order chi connectivity index (χ1) is 12.2. The molecule has 1 aromatic heterocycles. The fourth-order valence-electron chi connectivity index (χ4n) is 3.67. The van der Waals surface area contributed by atoms with Gasteiger partial charge >= 0.3 is 0 Å². The van der Waals surface area contributed by atoms with Crippen LogP contribution in [-0.4, -0.2) is 63.2 Å². The molecular weight excluding hydrogens is 457 g/mol. The van der Waals surface area contributed by atoms with Crippen LogP contribution in [0.3, 0.4) is 0 Å². The van der Waals surface area contributed by atoms with Gasteiger partial charge in [-0.15, -0.1) is 35.3 Å². The van der Waals surface area contributed by atoms with Crippen LogP contribution in [-0.2, 0) is 0 Å². The van der Waals surface area contributed by atoms with Gasteiger partial charge in [0, 0.05) is 32.2 Å². The second-order valence-electron chi connectivity index (χ2n) is 7.32. The van der Waals surface area contributed by atoms with E-state index in [1.807, 2.05) is 11.3 Å². The number of halogens is 1. The monoisotopic (exact) mass is 491 g/mol. The lowest BCUT2D eigenvalue weighted by Gasteiger charge is -2.33. The number of piperidine rings is 2. The van der Waals surface area contributed by atoms with Crippen LogP contribution in [0.1, 0.15) is 32.6 Å². The standard InChI is InChI=1S/C19H33N5S.HI/c1-3-20-19(21-15-16-6-10-23(2)11-7-16)22-17-8-12-24(13-9-17)18-5-4-14-25-18;/h4-5,14,16-17H,3,6-13,15H2,1-2H3,(H2,20,21,22);1H. The fraction of sp³-hybridized carbons (Fsp3) is 0.737. The van der Waals surface area contributed by atoms with Crippen molar-refractivity contribution in [2.75, 3.05) is 51.2 Å². The van der Waals surface area contributed by atoms with Crippen molar-refractivity contribution in [3.63, 3.8) is 0 Å². The summed E-state index contributed by atoms with van der Waals surface area (Å²) < 4.78 is 0. The molecule has 3 heterocycles. The molecule has 3 rings (SSSR count). The largest absolute Gasteiger partial charge is 0.363 e. The zero-order valence-electron chi connectivity index (χ0n) is 16.1. The van der Waals surface area contributed by atoms with Crippen molar-refractivity contribution in [3.8, 4) is 0 Å². The molecule has 1 aromatic rings. The molecule has 2 saturated heterocycles. The minimum Gasteiger partial charge on any atom is -0.363 e. The van der Waals surface area contributed by atoms with Crippen LogP contribution in [0.15, 0.2) is 22.5 Å². The molecule has 0 saturated carbocycles. The summed E-state index contributed by atoms with van der Waals surface area (Å²) in [5.74, 6) is 1.75. The summed E-state index contributed by atoms with van der Waals surface area (Å²) in [4.78, 5) is 9.82. The van der Waals surface area contributed by atoms with E-state index in [2.05, 4.69) is 51.9 Å². The lowest BCUT2D eigenvalue weighted by Crippen LogP contribution is -2.48. The minimum absolute atomic E-state index is 0. The first-order valence-corrected chi connectivity index (χ1v) is 10.6. The predicted molar refractivity (Wildman–Crippen MR) is 124 cm³/mol. The van der Waals surface area contributed by atoms with Gasteiger partial charge in [0.25, 0.3) is 0 Å². The van der Waals surface area contributed by atoms with E-state index in [0.717, 1.165) is 38.1 Å². The van der Waals surface area contributed by atoms with Crippen LogP contribution in [0.5, 0.6) is 0 Å². The van der Waals surface area contributed by atoms with Gasteiger partial charge in [0.2, 0.25) is 0 Å². The highest BCUT2D eigenvalue weighted by atomic mass is 127. The Morgan fingerprint density at radius 3 is 2.54 bits per heavy atom. The highest BCUT2D eigenvalue weighted by Crippen LogP contribution is 2.24. The van der Waals surface area contributed by atoms with E-state index >= 15 is 0 Å². The lowest BCUT2D eigenvalue weighted by molar-refractivity contribution is 0.223. The molecule has 2 N–H and O–H groups in total. The maximum Gasteiger partial charge on any atom is 0.191 e. The second-order valence-corrected chi connectivity index (χ2v) is 8.25. The van der Waals surface area contributed by atoms with Crippen LogP contribution in [0, 0.1) is 5.92 Å². The molecule has 2 fully saturated rings. The van der Waals surface area contributed by atoms with Crippen LogP contribution in [0.4, 0.5) is 5.00 Å². The maximum atomic E-state index is 4.89. The van der Waals surface area contributed by atoms with Gasteiger partial charge in [-0.2, -0.15) is 0 Å². The van der Waals surface area contributed by atoms with E-state index in [4.69, 9.17) is 4.99 Å². The Labute approximate surface area is 179 Å². The van der Waals surface area contributed by atoms with Crippen LogP contribution < -0.4 is 15.5 Å². The van der Waals surface area contributed by atoms with Crippen molar-refractivity contribution in [1.82, 2.24) is 15.5 Å². The number of anilines is 1. The predicted octanol–water partition coefficient (Wildman–Crippen LogP) is 3.23. The van der Waals surface area contributed by atoms with Gasteiger partial charge < -0.3 is 20.4 Å². The third-order valence-corrected chi connectivity index (χ3v) is 6.27. The fourth-order valence-corrected chi connectivity index (χ4v) is 4.46. The second kappa shape index (κ2) is 11.3. The number of hydrogen-bond acceptors (Lipinski definition) is 4. The number of thiophene rings is 1. The Morgan fingerprint density at radius 2 is 1.92 bits per heavy atom. The molecule has 0 amide bonds. The number of hydrogen-bond donors (Lipinski definition) is 2. The molecule has 2 aliphatic rings. The lowest BCUT2D eigenvalue weighted by atomic mass is 9.97. The van der Waals surface area contributed by atoms with Crippen molar-refractivity contribution in [2.45, 2.75) is 38.6 Å². The number of nitrogens with zero attached hydrogens (tertiary/aromatic N) is 3. The third-order valence-electron chi connectivity index (χ3n) is 5.34. The van der Waals surface area contributed by atoms with E-state index in [0.29, 0.717) is 6.04 Å². The smallest absolute Gasteiger partial charge is 0.191 e. The van der Waals surface area contributed by atoms with Crippen molar-refractivity contribution < 1.29 is 0 Å². The van der Waals surface area contributed by atoms with Crippen LogP contribution in [0.25, 0.3) is 0 Å². The molecule has 5 nitrogen and oxygen atoms in total. The zero-order valence-corrected chi connectivity index (χ0v) is 19.3. The van der Waals surface area contributed by atoms with Gasteiger partial charge in [-0.3, -0.25) is 4.99 Å². The molecule has 26 heavy (non-hydrogen) atoms. The summed E-state index contributed by atoms with van der Waals surface area (Å²) in [7, 11) is 2.22. The number of guanidine groups is 1. The number of rotatable bonds is 5. The molecular formula is C19H34IN5S. The first kappa shape index (κ1) is 21.8. The van der Waals surface area contributed by atoms with Gasteiger partial charge in [-0.1, -0.05) is 0 Å². The Bertz CT molecular complexity index is 520. The van der Waals surface area contributed by atoms with Gasteiger partial charge in [-0.05, 0) is 76.2 Å². The van der Waals surface area contributed by atoms with E-state index in [1.54, 1.807) is 0 Å². The molecule has 2 aliphatic heterocycles. The van der Waals surface area contributed by atoms with Gasteiger partial charge in [0.05, 0.1) is 5.00 Å². The van der Waals surface area contributed by atoms with Crippen molar-refractivity contribution in [1.29, 1.82) is 0 Å². The molecule has 0 spiro atoms. The average molecular weight is 491 g/mol. The Morgan fingerprint density at radius 1 is 1.19 bits per heavy atom. The van der Waals surface area contributed by atoms with Gasteiger partial charge in [0.1, 0.15) is 0 Å². The molecule has 0 unspecified atom stereocenters. The van der Waals surface area contributed by atoms with E-state index in [1.165, 1.54) is 43.8 Å². The molecule has 148 valence electrons. The summed E-state index contributed by atoms with van der Waals surface area (Å²) in [5, 5.41) is 10.7. The third kappa shape index (κ3) is 6.56. The Kier molecular flexibility index (Phi) is 9.49. The summed E-state index contributed by atoms with van der Waals surface area (Å²) in [6.07, 6.45) is 4.91. The van der Waals surface area contributed by atoms with Crippen molar-refractivity contribution in [2.24, 2.45) is 10.9 Å². The summed E-state index contributed by atoms with van der Waals surface area (Å²) >= 11 is 1.84. The molecule has 0 aliphatic carbocycles. The van der Waals surface area contributed by atoms with Crippen molar-refractivity contribution in [3.05, 3.63) is 17.5 Å². The zero-order chi connectivity index (χ0) is 17.5. The Hall–Kier alpha value is -0.540. The number of aliphatic imine (C=N–C) groups is 1. The van der Waals surface area contributed by atoms with E-state index in [-0.39, 0.29) is 24.0 Å². The highest BCUT2D eigenvalue weighted by Gasteiger charge is 2.21. The van der Waals surface area contributed by atoms with Gasteiger partial charge in [-0.25, -0.2) is 0 Å². The summed E-state index contributed by atoms with van der Waals surface area (Å²) in [5.41, 5.74) is 0. The Balaban J connectivity index is 0.00000243. The number of likely N-dealkylation sites (tertiary alicyclic amines) is 1. The molecule has 7 heteroatoms. The van der Waals surface area contributed by atoms with E-state index < -0.39 is 0 Å². The SMILES string of the molecule is CCNC(=NCC1CCN(C)CC1)NC1CCN(c2cccs2)CC1.I. The van der Waals surface area contributed by atoms with Gasteiger partial charge in [0.15, 0.2) is 5.96 Å². The van der Waals surface area contributed by atoms with Crippen LogP contribution in [0.2, 0.25) is 0 Å². The average Bonchev–Trinajstić information content (AvgIpc) is 3.16. The minimum atomic E-state index is 0. The quantitative estimate of drug-likeness (QED) is 0.377. The summed E-state index contributed by atoms with van der Waals surface area (Å²) in [6.45, 7) is 8.71. The van der Waals surface area contributed by atoms with Crippen molar-refractivity contribution >= 4 is 46.3 Å². The first-order valence-electron chi connectivity index (χ1n) is 9.76. The van der Waals surface area contributed by atoms with Crippen LogP contribution >= 0.6 is 35.3 Å². The molecule has 0 aromatic carbocycles. The summed E-state index contributed by atoms with van der Waals surface area (Å²) in [6, 6.07) is 4.90. The molecule has 0 radical (unpaired) electrons. The molecule has 0 bridgehead atoms. The maximum absolute atomic E-state index is 4.89. The normalized spacial score (nSPS) is 20.7. The molecule has 0 atom stereocenters. The highest BCUT2D eigenvalue weighted by molar-refractivity contribution is 14.0. The number of nitrogens with one attached hydrogen (secondary N) is 2. The van der Waals surface area contributed by atoms with E-state index in [9.17, 15) is 0 Å².